The molecule has 94 valence electrons. The van der Waals surface area contributed by atoms with Gasteiger partial charge in [-0.15, -0.1) is 0 Å². The summed E-state index contributed by atoms with van der Waals surface area (Å²) in [6.45, 7) is 5.87. The maximum Gasteiger partial charge on any atom is 0.350 e. The van der Waals surface area contributed by atoms with Gasteiger partial charge in [0.15, 0.2) is 5.57 Å². The van der Waals surface area contributed by atoms with E-state index in [9.17, 15) is 4.79 Å². The van der Waals surface area contributed by atoms with Gasteiger partial charge in [-0.1, -0.05) is 18.2 Å². The van der Waals surface area contributed by atoms with Crippen molar-refractivity contribution in [3.63, 3.8) is 0 Å². The third kappa shape index (κ3) is 3.36. The molecule has 0 heterocycles. The molecule has 0 radical (unpaired) electrons. The quantitative estimate of drug-likeness (QED) is 0.502. The summed E-state index contributed by atoms with van der Waals surface area (Å²) in [5.41, 5.74) is 2.95. The zero-order valence-corrected chi connectivity index (χ0v) is 10.8. The molecule has 0 aliphatic rings. The number of benzene rings is 1. The first-order valence-electron chi connectivity index (χ1n) is 5.70. The van der Waals surface area contributed by atoms with E-state index in [0.717, 1.165) is 16.8 Å². The van der Waals surface area contributed by atoms with Crippen LogP contribution in [0.1, 0.15) is 18.1 Å². The summed E-state index contributed by atoms with van der Waals surface area (Å²) in [5.74, 6) is -0.612. The summed E-state index contributed by atoms with van der Waals surface area (Å²) in [4.78, 5) is 11.4. The summed E-state index contributed by atoms with van der Waals surface area (Å²) in [6.07, 6.45) is 1.38. The fraction of sp³-hybridized carbons (Fsp3) is 0.286. The van der Waals surface area contributed by atoms with Crippen molar-refractivity contribution in [3.05, 3.63) is 41.1 Å². The number of nitrogens with one attached hydrogen (secondary N) is 1. The first-order chi connectivity index (χ1) is 8.60. The maximum atomic E-state index is 11.4. The lowest BCUT2D eigenvalue weighted by molar-refractivity contribution is -0.138. The molecule has 0 atom stereocenters. The summed E-state index contributed by atoms with van der Waals surface area (Å²) in [6, 6.07) is 7.69. The standard InChI is InChI=1S/C14H16N2O2/c1-4-18-14(17)12(8-15)9-16-13-10(2)6-5-7-11(13)3/h5-7,9,16H,4H2,1-3H3. The van der Waals surface area contributed by atoms with Crippen LogP contribution in [0.5, 0.6) is 0 Å². The minimum atomic E-state index is -0.612. The van der Waals surface area contributed by atoms with Gasteiger partial charge in [0.25, 0.3) is 0 Å². The van der Waals surface area contributed by atoms with Gasteiger partial charge in [-0.3, -0.25) is 0 Å². The fourth-order valence-electron chi connectivity index (χ4n) is 1.53. The van der Waals surface area contributed by atoms with Gasteiger partial charge in [0.1, 0.15) is 6.07 Å². The predicted molar refractivity (Wildman–Crippen MR) is 69.9 cm³/mol. The van der Waals surface area contributed by atoms with Crippen molar-refractivity contribution in [1.82, 2.24) is 0 Å². The molecule has 4 nitrogen and oxygen atoms in total. The summed E-state index contributed by atoms with van der Waals surface area (Å²) in [7, 11) is 0. The van der Waals surface area contributed by atoms with Crippen molar-refractivity contribution >= 4 is 11.7 Å². The van der Waals surface area contributed by atoms with Gasteiger partial charge < -0.3 is 10.1 Å². The lowest BCUT2D eigenvalue weighted by Gasteiger charge is -2.09. The molecule has 4 heteroatoms. The number of nitriles is 1. The van der Waals surface area contributed by atoms with Crippen molar-refractivity contribution in [2.45, 2.75) is 20.8 Å². The van der Waals surface area contributed by atoms with Crippen LogP contribution in [0.15, 0.2) is 30.0 Å². The average Bonchev–Trinajstić information content (AvgIpc) is 2.33. The number of rotatable bonds is 4. The normalized spacial score (nSPS) is 10.7. The third-order valence-corrected chi connectivity index (χ3v) is 2.46. The van der Waals surface area contributed by atoms with E-state index in [2.05, 4.69) is 5.32 Å². The molecule has 18 heavy (non-hydrogen) atoms. The van der Waals surface area contributed by atoms with Crippen LogP contribution in [0.2, 0.25) is 0 Å². The Bertz CT molecular complexity index is 493. The van der Waals surface area contributed by atoms with Crippen LogP contribution in [0, 0.1) is 25.2 Å². The molecule has 0 aliphatic carbocycles. The van der Waals surface area contributed by atoms with E-state index in [1.54, 1.807) is 6.92 Å². The van der Waals surface area contributed by atoms with E-state index in [1.165, 1.54) is 6.20 Å². The molecule has 1 N–H and O–H groups in total. The number of esters is 1. The van der Waals surface area contributed by atoms with Gasteiger partial charge in [-0.25, -0.2) is 4.79 Å². The lowest BCUT2D eigenvalue weighted by Crippen LogP contribution is -2.08. The monoisotopic (exact) mass is 244 g/mol. The molecule has 0 saturated heterocycles. The minimum Gasteiger partial charge on any atom is -0.462 e. The Hall–Kier alpha value is -2.28. The Morgan fingerprint density at radius 2 is 2.06 bits per heavy atom. The molecule has 0 fully saturated rings. The molecule has 0 saturated carbocycles. The van der Waals surface area contributed by atoms with E-state index >= 15 is 0 Å². The summed E-state index contributed by atoms with van der Waals surface area (Å²) in [5, 5.41) is 11.9. The van der Waals surface area contributed by atoms with Crippen LogP contribution in [-0.4, -0.2) is 12.6 Å². The van der Waals surface area contributed by atoms with E-state index in [1.807, 2.05) is 38.1 Å². The highest BCUT2D eigenvalue weighted by Crippen LogP contribution is 2.19. The number of hydrogen-bond acceptors (Lipinski definition) is 4. The molecule has 0 amide bonds. The second-order valence-corrected chi connectivity index (χ2v) is 3.80. The predicted octanol–water partition coefficient (Wildman–Crippen LogP) is 2.69. The maximum absolute atomic E-state index is 11.4. The Morgan fingerprint density at radius 3 is 2.56 bits per heavy atom. The Kier molecular flexibility index (Phi) is 4.94. The largest absolute Gasteiger partial charge is 0.462 e. The van der Waals surface area contributed by atoms with Crippen molar-refractivity contribution in [1.29, 1.82) is 5.26 Å². The molecule has 0 aliphatic heterocycles. The first-order valence-corrected chi connectivity index (χ1v) is 5.70. The number of hydrogen-bond donors (Lipinski definition) is 1. The fourth-order valence-corrected chi connectivity index (χ4v) is 1.53. The zero-order valence-electron chi connectivity index (χ0n) is 10.8. The van der Waals surface area contributed by atoms with E-state index in [-0.39, 0.29) is 12.2 Å². The van der Waals surface area contributed by atoms with Crippen molar-refractivity contribution in [2.24, 2.45) is 0 Å². The van der Waals surface area contributed by atoms with Crippen molar-refractivity contribution in [3.8, 4) is 6.07 Å². The number of nitrogens with zero attached hydrogens (tertiary/aromatic N) is 1. The molecule has 0 unspecified atom stereocenters. The zero-order chi connectivity index (χ0) is 13.5. The van der Waals surface area contributed by atoms with E-state index < -0.39 is 5.97 Å². The number of aryl methyl sites for hydroxylation is 2. The second kappa shape index (κ2) is 6.45. The summed E-state index contributed by atoms with van der Waals surface area (Å²) < 4.78 is 4.77. The molecule has 0 spiro atoms. The average molecular weight is 244 g/mol. The number of ether oxygens (including phenoxy) is 1. The molecule has 0 bridgehead atoms. The van der Waals surface area contributed by atoms with Gasteiger partial charge in [0, 0.05) is 11.9 Å². The van der Waals surface area contributed by atoms with Gasteiger partial charge in [0.2, 0.25) is 0 Å². The SMILES string of the molecule is CCOC(=O)C(C#N)=CNc1c(C)cccc1C. The van der Waals surface area contributed by atoms with Gasteiger partial charge in [-0.2, -0.15) is 5.26 Å². The van der Waals surface area contributed by atoms with E-state index in [4.69, 9.17) is 10.00 Å². The molecule has 1 aromatic rings. The van der Waals surface area contributed by atoms with Crippen molar-refractivity contribution in [2.75, 3.05) is 11.9 Å². The number of anilines is 1. The Morgan fingerprint density at radius 1 is 1.44 bits per heavy atom. The highest BCUT2D eigenvalue weighted by Gasteiger charge is 2.09. The van der Waals surface area contributed by atoms with Crippen LogP contribution < -0.4 is 5.32 Å². The van der Waals surface area contributed by atoms with Gasteiger partial charge >= 0.3 is 5.97 Å². The van der Waals surface area contributed by atoms with Crippen LogP contribution in [-0.2, 0) is 9.53 Å². The van der Waals surface area contributed by atoms with Crippen LogP contribution in [0.3, 0.4) is 0 Å². The number of carbonyl (C=O) groups excluding carboxylic acids is 1. The highest BCUT2D eigenvalue weighted by molar-refractivity contribution is 5.93. The van der Waals surface area contributed by atoms with Crippen LogP contribution in [0.25, 0.3) is 0 Å². The topological polar surface area (TPSA) is 62.1 Å². The minimum absolute atomic E-state index is 0.0421. The highest BCUT2D eigenvalue weighted by atomic mass is 16.5. The van der Waals surface area contributed by atoms with E-state index in [0.29, 0.717) is 0 Å². The van der Waals surface area contributed by atoms with Crippen LogP contribution >= 0.6 is 0 Å². The molecule has 1 aromatic carbocycles. The first kappa shape index (κ1) is 13.8. The number of para-hydroxylation sites is 1. The molecule has 1 rings (SSSR count). The Labute approximate surface area is 107 Å². The van der Waals surface area contributed by atoms with Gasteiger partial charge in [0.05, 0.1) is 6.61 Å². The smallest absolute Gasteiger partial charge is 0.350 e. The van der Waals surface area contributed by atoms with Crippen LogP contribution in [0.4, 0.5) is 5.69 Å². The molecule has 0 aromatic heterocycles. The second-order valence-electron chi connectivity index (χ2n) is 3.80. The van der Waals surface area contributed by atoms with Crippen molar-refractivity contribution < 1.29 is 9.53 Å². The number of carbonyl (C=O) groups is 1. The Balaban J connectivity index is 2.91. The van der Waals surface area contributed by atoms with Gasteiger partial charge in [-0.05, 0) is 31.9 Å². The third-order valence-electron chi connectivity index (χ3n) is 2.46. The summed E-state index contributed by atoms with van der Waals surface area (Å²) >= 11 is 0. The lowest BCUT2D eigenvalue weighted by atomic mass is 10.1. The molecular weight excluding hydrogens is 228 g/mol. The molecular formula is C14H16N2O2.